The van der Waals surface area contributed by atoms with E-state index in [0.717, 1.165) is 17.6 Å². The first-order valence-corrected chi connectivity index (χ1v) is 8.41. The standard InChI is InChI=1S/C15H24BrNOS/c1-10(2)8-17-9-13-5-6-14(7-15(13)16)19-12(4)11(3)18/h5-7,10-12,17-18H,8-9H2,1-4H3. The van der Waals surface area contributed by atoms with Crippen LogP contribution in [0.25, 0.3) is 0 Å². The average Bonchev–Trinajstić information content (AvgIpc) is 2.31. The Hall–Kier alpha value is -0.0300. The van der Waals surface area contributed by atoms with Crippen molar-refractivity contribution < 1.29 is 5.11 Å². The van der Waals surface area contributed by atoms with Gasteiger partial charge in [0, 0.05) is 21.2 Å². The molecule has 0 spiro atoms. The molecule has 0 bridgehead atoms. The minimum Gasteiger partial charge on any atom is -0.392 e. The minimum absolute atomic E-state index is 0.205. The molecule has 0 aromatic heterocycles. The molecule has 1 aromatic rings. The van der Waals surface area contributed by atoms with Crippen LogP contribution < -0.4 is 5.32 Å². The summed E-state index contributed by atoms with van der Waals surface area (Å²) in [5.41, 5.74) is 1.27. The lowest BCUT2D eigenvalue weighted by Crippen LogP contribution is -2.19. The van der Waals surface area contributed by atoms with Crippen molar-refractivity contribution in [2.24, 2.45) is 5.92 Å². The highest BCUT2D eigenvalue weighted by Gasteiger charge is 2.11. The van der Waals surface area contributed by atoms with Gasteiger partial charge in [0.15, 0.2) is 0 Å². The molecule has 0 amide bonds. The van der Waals surface area contributed by atoms with Gasteiger partial charge >= 0.3 is 0 Å². The summed E-state index contributed by atoms with van der Waals surface area (Å²) in [4.78, 5) is 1.19. The topological polar surface area (TPSA) is 32.3 Å². The number of thioether (sulfide) groups is 1. The Morgan fingerprint density at radius 3 is 2.47 bits per heavy atom. The van der Waals surface area contributed by atoms with Crippen LogP contribution >= 0.6 is 27.7 Å². The third-order valence-electron chi connectivity index (χ3n) is 2.89. The first-order valence-electron chi connectivity index (χ1n) is 6.74. The second-order valence-corrected chi connectivity index (χ2v) is 7.65. The molecule has 0 aliphatic heterocycles. The van der Waals surface area contributed by atoms with E-state index in [1.165, 1.54) is 10.5 Å². The van der Waals surface area contributed by atoms with Gasteiger partial charge in [-0.3, -0.25) is 0 Å². The van der Waals surface area contributed by atoms with Crippen molar-refractivity contribution in [3.8, 4) is 0 Å². The monoisotopic (exact) mass is 345 g/mol. The smallest absolute Gasteiger partial charge is 0.0631 e. The molecular weight excluding hydrogens is 322 g/mol. The van der Waals surface area contributed by atoms with Gasteiger partial charge in [-0.25, -0.2) is 0 Å². The number of halogens is 1. The van der Waals surface area contributed by atoms with Gasteiger partial charge in [0.05, 0.1) is 6.10 Å². The number of benzene rings is 1. The van der Waals surface area contributed by atoms with Crippen LogP contribution in [0.5, 0.6) is 0 Å². The van der Waals surface area contributed by atoms with E-state index < -0.39 is 0 Å². The largest absolute Gasteiger partial charge is 0.392 e. The van der Waals surface area contributed by atoms with E-state index in [-0.39, 0.29) is 11.4 Å². The van der Waals surface area contributed by atoms with E-state index in [1.54, 1.807) is 11.8 Å². The fraction of sp³-hybridized carbons (Fsp3) is 0.600. The molecule has 2 unspecified atom stereocenters. The Kier molecular flexibility index (Phi) is 7.44. The van der Waals surface area contributed by atoms with E-state index in [4.69, 9.17) is 0 Å². The van der Waals surface area contributed by atoms with Crippen molar-refractivity contribution >= 4 is 27.7 Å². The molecule has 1 aromatic carbocycles. The van der Waals surface area contributed by atoms with Crippen molar-refractivity contribution in [3.63, 3.8) is 0 Å². The maximum atomic E-state index is 9.53. The summed E-state index contributed by atoms with van der Waals surface area (Å²) in [6, 6.07) is 6.41. The van der Waals surface area contributed by atoms with E-state index in [2.05, 4.69) is 53.3 Å². The van der Waals surface area contributed by atoms with Gasteiger partial charge in [0.1, 0.15) is 0 Å². The van der Waals surface area contributed by atoms with E-state index in [1.807, 2.05) is 13.8 Å². The molecule has 0 fully saturated rings. The summed E-state index contributed by atoms with van der Waals surface area (Å²) in [6.45, 7) is 10.2. The average molecular weight is 346 g/mol. The third-order valence-corrected chi connectivity index (χ3v) is 4.92. The minimum atomic E-state index is -0.295. The van der Waals surface area contributed by atoms with Crippen molar-refractivity contribution in [1.82, 2.24) is 5.32 Å². The van der Waals surface area contributed by atoms with Crippen molar-refractivity contribution in [1.29, 1.82) is 0 Å². The summed E-state index contributed by atoms with van der Waals surface area (Å²) < 4.78 is 1.13. The number of aliphatic hydroxyl groups is 1. The van der Waals surface area contributed by atoms with Crippen LogP contribution in [0.15, 0.2) is 27.6 Å². The molecule has 108 valence electrons. The van der Waals surface area contributed by atoms with Gasteiger partial charge in [-0.1, -0.05) is 42.8 Å². The van der Waals surface area contributed by atoms with Crippen LogP contribution in [-0.4, -0.2) is 23.0 Å². The second-order valence-electron chi connectivity index (χ2n) is 5.34. The molecule has 0 aliphatic carbocycles. The Morgan fingerprint density at radius 1 is 1.26 bits per heavy atom. The molecule has 2 N–H and O–H groups in total. The van der Waals surface area contributed by atoms with E-state index >= 15 is 0 Å². The number of nitrogens with one attached hydrogen (secondary N) is 1. The summed E-state index contributed by atoms with van der Waals surface area (Å²) in [5.74, 6) is 0.667. The summed E-state index contributed by atoms with van der Waals surface area (Å²) in [7, 11) is 0. The summed E-state index contributed by atoms with van der Waals surface area (Å²) in [6.07, 6.45) is -0.295. The van der Waals surface area contributed by atoms with E-state index in [0.29, 0.717) is 5.92 Å². The molecule has 0 saturated carbocycles. The predicted octanol–water partition coefficient (Wildman–Crippen LogP) is 4.06. The molecule has 0 radical (unpaired) electrons. The van der Waals surface area contributed by atoms with Crippen LogP contribution in [0.2, 0.25) is 0 Å². The maximum absolute atomic E-state index is 9.53. The SMILES string of the molecule is CC(C)CNCc1ccc(SC(C)C(C)O)cc1Br. The molecule has 19 heavy (non-hydrogen) atoms. The first kappa shape index (κ1) is 17.0. The van der Waals surface area contributed by atoms with Gasteiger partial charge in [0.25, 0.3) is 0 Å². The van der Waals surface area contributed by atoms with Gasteiger partial charge in [-0.2, -0.15) is 0 Å². The van der Waals surface area contributed by atoms with Crippen LogP contribution in [-0.2, 0) is 6.54 Å². The Labute approximate surface area is 129 Å². The van der Waals surface area contributed by atoms with Crippen LogP contribution in [0.1, 0.15) is 33.3 Å². The quantitative estimate of drug-likeness (QED) is 0.731. The van der Waals surface area contributed by atoms with Crippen LogP contribution in [0.3, 0.4) is 0 Å². The molecular formula is C15H24BrNOS. The summed E-state index contributed by atoms with van der Waals surface area (Å²) in [5, 5.41) is 13.2. The molecule has 1 rings (SSSR count). The number of aliphatic hydroxyl groups excluding tert-OH is 1. The van der Waals surface area contributed by atoms with Gasteiger partial charge in [-0.05, 0) is 37.1 Å². The maximum Gasteiger partial charge on any atom is 0.0631 e. The lowest BCUT2D eigenvalue weighted by atomic mass is 10.2. The molecule has 4 heteroatoms. The highest BCUT2D eigenvalue weighted by molar-refractivity contribution is 9.10. The molecule has 0 aliphatic rings. The number of hydrogen-bond donors (Lipinski definition) is 2. The fourth-order valence-corrected chi connectivity index (χ4v) is 3.18. The van der Waals surface area contributed by atoms with Gasteiger partial charge < -0.3 is 10.4 Å². The Bertz CT molecular complexity index is 396. The fourth-order valence-electron chi connectivity index (χ4n) is 1.55. The van der Waals surface area contributed by atoms with Crippen LogP contribution in [0.4, 0.5) is 0 Å². The number of hydrogen-bond acceptors (Lipinski definition) is 3. The van der Waals surface area contributed by atoms with Crippen molar-refractivity contribution in [2.45, 2.75) is 50.5 Å². The zero-order valence-electron chi connectivity index (χ0n) is 12.1. The Morgan fingerprint density at radius 2 is 1.95 bits per heavy atom. The lowest BCUT2D eigenvalue weighted by Gasteiger charge is -2.15. The highest BCUT2D eigenvalue weighted by atomic mass is 79.9. The third kappa shape index (κ3) is 6.30. The molecule has 0 heterocycles. The predicted molar refractivity (Wildman–Crippen MR) is 87.7 cm³/mol. The van der Waals surface area contributed by atoms with Crippen LogP contribution in [0, 0.1) is 5.92 Å². The lowest BCUT2D eigenvalue weighted by molar-refractivity contribution is 0.196. The molecule has 2 atom stereocenters. The summed E-state index contributed by atoms with van der Waals surface area (Å²) >= 11 is 5.33. The first-order chi connectivity index (χ1) is 8.90. The van der Waals surface area contributed by atoms with Crippen molar-refractivity contribution in [2.75, 3.05) is 6.54 Å². The van der Waals surface area contributed by atoms with E-state index in [9.17, 15) is 5.11 Å². The second kappa shape index (κ2) is 8.30. The Balaban J connectivity index is 2.59. The van der Waals surface area contributed by atoms with Crippen molar-refractivity contribution in [3.05, 3.63) is 28.2 Å². The normalized spacial score (nSPS) is 14.7. The van der Waals surface area contributed by atoms with Gasteiger partial charge in [0.2, 0.25) is 0 Å². The van der Waals surface area contributed by atoms with Gasteiger partial charge in [-0.15, -0.1) is 11.8 Å². The zero-order valence-corrected chi connectivity index (χ0v) is 14.5. The molecule has 0 saturated heterocycles. The zero-order chi connectivity index (χ0) is 14.4. The number of rotatable bonds is 7. The molecule has 2 nitrogen and oxygen atoms in total. The highest BCUT2D eigenvalue weighted by Crippen LogP contribution is 2.29.